The number of hydrogen-bond acceptors (Lipinski definition) is 3. The molecule has 0 spiro atoms. The van der Waals surface area contributed by atoms with E-state index in [9.17, 15) is 0 Å². The lowest BCUT2D eigenvalue weighted by molar-refractivity contribution is 0.556. The summed E-state index contributed by atoms with van der Waals surface area (Å²) in [4.78, 5) is 0. The fourth-order valence-electron chi connectivity index (χ4n) is 0.758. The van der Waals surface area contributed by atoms with Crippen molar-refractivity contribution in [3.8, 4) is 0 Å². The van der Waals surface area contributed by atoms with Crippen molar-refractivity contribution in [1.29, 1.82) is 0 Å². The van der Waals surface area contributed by atoms with Crippen LogP contribution in [-0.4, -0.2) is 10.2 Å². The van der Waals surface area contributed by atoms with Crippen LogP contribution in [-0.2, 0) is 6.42 Å². The second-order valence-electron chi connectivity index (χ2n) is 2.67. The lowest BCUT2D eigenvalue weighted by Crippen LogP contribution is -1.96. The number of halogens is 1. The van der Waals surface area contributed by atoms with E-state index >= 15 is 0 Å². The zero-order chi connectivity index (χ0) is 8.27. The molecule has 1 aromatic rings. The third kappa shape index (κ3) is 2.87. The summed E-state index contributed by atoms with van der Waals surface area (Å²) < 4.78 is 0.885. The minimum Gasteiger partial charge on any atom is -0.143 e. The number of aromatic nitrogens is 2. The summed E-state index contributed by atoms with van der Waals surface area (Å²) in [5.74, 6) is 0.717. The van der Waals surface area contributed by atoms with Crippen LogP contribution in [0.4, 0.5) is 0 Å². The highest BCUT2D eigenvalue weighted by atomic mass is 79.9. The lowest BCUT2D eigenvalue weighted by Gasteiger charge is -2.02. The zero-order valence-corrected chi connectivity index (χ0v) is 9.07. The van der Waals surface area contributed by atoms with E-state index in [1.165, 1.54) is 6.42 Å². The van der Waals surface area contributed by atoms with Crippen LogP contribution in [0.3, 0.4) is 0 Å². The number of hydrogen-bond donors (Lipinski definition) is 0. The van der Waals surface area contributed by atoms with Crippen LogP contribution >= 0.6 is 27.3 Å². The molecular weight excluding hydrogens is 224 g/mol. The smallest absolute Gasteiger partial charge is 0.143 e. The van der Waals surface area contributed by atoms with Crippen LogP contribution in [0.5, 0.6) is 0 Å². The van der Waals surface area contributed by atoms with Gasteiger partial charge in [-0.25, -0.2) is 0 Å². The summed E-state index contributed by atoms with van der Waals surface area (Å²) in [5.41, 5.74) is 0. The van der Waals surface area contributed by atoms with Crippen LogP contribution in [0, 0.1) is 5.92 Å². The molecule has 1 rings (SSSR count). The first kappa shape index (κ1) is 9.13. The molecule has 1 aromatic heterocycles. The molecular formula is C7H11BrN2S. The molecule has 2 nitrogen and oxygen atoms in total. The van der Waals surface area contributed by atoms with Gasteiger partial charge in [0.2, 0.25) is 0 Å². The van der Waals surface area contributed by atoms with Gasteiger partial charge in [-0.2, -0.15) is 0 Å². The van der Waals surface area contributed by atoms with E-state index in [2.05, 4.69) is 40.0 Å². The van der Waals surface area contributed by atoms with E-state index in [4.69, 9.17) is 0 Å². The Morgan fingerprint density at radius 3 is 2.73 bits per heavy atom. The lowest BCUT2D eigenvalue weighted by atomic mass is 10.1. The van der Waals surface area contributed by atoms with Crippen LogP contribution in [0.15, 0.2) is 3.92 Å². The van der Waals surface area contributed by atoms with Gasteiger partial charge in [-0.15, -0.1) is 10.2 Å². The van der Waals surface area contributed by atoms with Gasteiger partial charge in [0.1, 0.15) is 5.01 Å². The highest BCUT2D eigenvalue weighted by Crippen LogP contribution is 2.19. The Bertz CT molecular complexity index is 224. The molecule has 0 aliphatic rings. The van der Waals surface area contributed by atoms with Crippen LogP contribution < -0.4 is 0 Å². The van der Waals surface area contributed by atoms with E-state index in [-0.39, 0.29) is 0 Å². The first-order valence-corrected chi connectivity index (χ1v) is 5.31. The molecule has 0 amide bonds. The van der Waals surface area contributed by atoms with Crippen molar-refractivity contribution < 1.29 is 0 Å². The van der Waals surface area contributed by atoms with E-state index in [0.29, 0.717) is 0 Å². The molecule has 0 saturated carbocycles. The number of nitrogens with zero attached hydrogens (tertiary/aromatic N) is 2. The maximum atomic E-state index is 4.03. The molecule has 0 aliphatic carbocycles. The van der Waals surface area contributed by atoms with Gasteiger partial charge in [0.05, 0.1) is 0 Å². The quantitative estimate of drug-likeness (QED) is 0.804. The standard InChI is InChI=1S/C7H11BrN2S/c1-3-5(2)4-6-9-10-7(8)11-6/h5H,3-4H2,1-2H3. The van der Waals surface area contributed by atoms with Crippen molar-refractivity contribution in [3.63, 3.8) is 0 Å². The largest absolute Gasteiger partial charge is 0.183 e. The predicted molar refractivity (Wildman–Crippen MR) is 50.8 cm³/mol. The zero-order valence-electron chi connectivity index (χ0n) is 6.67. The Morgan fingerprint density at radius 2 is 2.27 bits per heavy atom. The maximum absolute atomic E-state index is 4.03. The minimum atomic E-state index is 0.717. The van der Waals surface area contributed by atoms with E-state index < -0.39 is 0 Å². The summed E-state index contributed by atoms with van der Waals surface area (Å²) >= 11 is 4.91. The fraction of sp³-hybridized carbons (Fsp3) is 0.714. The van der Waals surface area contributed by atoms with Crippen LogP contribution in [0.1, 0.15) is 25.3 Å². The van der Waals surface area contributed by atoms with Gasteiger partial charge in [-0.05, 0) is 21.8 Å². The second kappa shape index (κ2) is 4.16. The molecule has 1 atom stereocenters. The SMILES string of the molecule is CCC(C)Cc1nnc(Br)s1. The molecule has 1 unspecified atom stereocenters. The normalized spacial score (nSPS) is 13.4. The summed E-state index contributed by atoms with van der Waals surface area (Å²) in [6.07, 6.45) is 2.26. The Kier molecular flexibility index (Phi) is 3.45. The van der Waals surface area contributed by atoms with Crippen molar-refractivity contribution >= 4 is 27.3 Å². The molecule has 4 heteroatoms. The van der Waals surface area contributed by atoms with Crippen molar-refractivity contribution in [2.75, 3.05) is 0 Å². The van der Waals surface area contributed by atoms with Crippen molar-refractivity contribution in [2.24, 2.45) is 5.92 Å². The second-order valence-corrected chi connectivity index (χ2v) is 5.00. The topological polar surface area (TPSA) is 25.8 Å². The molecule has 0 bridgehead atoms. The van der Waals surface area contributed by atoms with Crippen LogP contribution in [0.25, 0.3) is 0 Å². The summed E-state index contributed by atoms with van der Waals surface area (Å²) in [6, 6.07) is 0. The minimum absolute atomic E-state index is 0.717. The molecule has 11 heavy (non-hydrogen) atoms. The Balaban J connectivity index is 2.50. The molecule has 0 N–H and O–H groups in total. The van der Waals surface area contributed by atoms with Crippen molar-refractivity contribution in [1.82, 2.24) is 10.2 Å². The van der Waals surface area contributed by atoms with Gasteiger partial charge >= 0.3 is 0 Å². The first-order chi connectivity index (χ1) is 5.22. The molecule has 0 aliphatic heterocycles. The first-order valence-electron chi connectivity index (χ1n) is 3.70. The van der Waals surface area contributed by atoms with Gasteiger partial charge in [-0.3, -0.25) is 0 Å². The van der Waals surface area contributed by atoms with E-state index in [0.717, 1.165) is 21.3 Å². The summed E-state index contributed by atoms with van der Waals surface area (Å²) in [6.45, 7) is 4.43. The maximum Gasteiger partial charge on any atom is 0.183 e. The van der Waals surface area contributed by atoms with E-state index in [1.807, 2.05) is 0 Å². The number of rotatable bonds is 3. The van der Waals surface area contributed by atoms with Gasteiger partial charge in [0.25, 0.3) is 0 Å². The highest BCUT2D eigenvalue weighted by molar-refractivity contribution is 9.11. The van der Waals surface area contributed by atoms with Crippen LogP contribution in [0.2, 0.25) is 0 Å². The van der Waals surface area contributed by atoms with E-state index in [1.54, 1.807) is 11.3 Å². The fourth-order valence-corrected chi connectivity index (χ4v) is 2.12. The summed E-state index contributed by atoms with van der Waals surface area (Å²) in [7, 11) is 0. The third-order valence-corrected chi connectivity index (χ3v) is 3.04. The molecule has 0 radical (unpaired) electrons. The molecule has 0 fully saturated rings. The average Bonchev–Trinajstić information content (AvgIpc) is 2.35. The molecule has 62 valence electrons. The highest BCUT2D eigenvalue weighted by Gasteiger charge is 2.05. The average molecular weight is 235 g/mol. The van der Waals surface area contributed by atoms with Gasteiger partial charge in [-0.1, -0.05) is 31.6 Å². The monoisotopic (exact) mass is 234 g/mol. The molecule has 0 saturated heterocycles. The Hall–Kier alpha value is 0.0400. The Labute approximate surface area is 79.2 Å². The van der Waals surface area contributed by atoms with Crippen molar-refractivity contribution in [2.45, 2.75) is 26.7 Å². The summed E-state index contributed by atoms with van der Waals surface area (Å²) in [5, 5.41) is 9.05. The van der Waals surface area contributed by atoms with Gasteiger partial charge in [0.15, 0.2) is 3.92 Å². The third-order valence-electron chi connectivity index (χ3n) is 1.66. The van der Waals surface area contributed by atoms with Gasteiger partial charge < -0.3 is 0 Å². The molecule has 0 aromatic carbocycles. The Morgan fingerprint density at radius 1 is 1.55 bits per heavy atom. The molecule has 1 heterocycles. The van der Waals surface area contributed by atoms with Gasteiger partial charge in [0, 0.05) is 6.42 Å². The van der Waals surface area contributed by atoms with Crippen molar-refractivity contribution in [3.05, 3.63) is 8.92 Å². The predicted octanol–water partition coefficient (Wildman–Crippen LogP) is 2.89.